The molecule has 18 heavy (non-hydrogen) atoms. The highest BCUT2D eigenvalue weighted by atomic mass is 16.4. The van der Waals surface area contributed by atoms with E-state index in [1.807, 2.05) is 18.3 Å². The number of nitrogens with zero attached hydrogens (tertiary/aromatic N) is 3. The summed E-state index contributed by atoms with van der Waals surface area (Å²) in [6.45, 7) is 0. The fraction of sp³-hybridized carbons (Fsp3) is 0.154. The molecule has 5 nitrogen and oxygen atoms in total. The molecule has 0 saturated heterocycles. The molecule has 0 amide bonds. The molecule has 90 valence electrons. The Morgan fingerprint density at radius 1 is 1.50 bits per heavy atom. The minimum Gasteiger partial charge on any atom is -0.438 e. The third-order valence-corrected chi connectivity index (χ3v) is 2.17. The Balaban J connectivity index is 1.88. The molecule has 0 aliphatic heterocycles. The Morgan fingerprint density at radius 2 is 2.44 bits per heavy atom. The summed E-state index contributed by atoms with van der Waals surface area (Å²) >= 11 is 0. The normalized spacial score (nSPS) is 10.2. The van der Waals surface area contributed by atoms with Crippen molar-refractivity contribution in [2.45, 2.75) is 12.8 Å². The van der Waals surface area contributed by atoms with Crippen molar-refractivity contribution >= 4 is 6.21 Å². The van der Waals surface area contributed by atoms with E-state index in [2.05, 4.69) is 27.0 Å². The Labute approximate surface area is 104 Å². The summed E-state index contributed by atoms with van der Waals surface area (Å²) in [7, 11) is 0. The number of pyridine rings is 1. The van der Waals surface area contributed by atoms with Crippen molar-refractivity contribution in [3.05, 3.63) is 47.9 Å². The van der Waals surface area contributed by atoms with E-state index in [0.717, 1.165) is 12.0 Å². The van der Waals surface area contributed by atoms with Gasteiger partial charge in [0.1, 0.15) is 12.0 Å². The summed E-state index contributed by atoms with van der Waals surface area (Å²) in [6, 6.07) is 3.91. The number of hydrogen-bond acceptors (Lipinski definition) is 5. The third-order valence-electron chi connectivity index (χ3n) is 2.17. The van der Waals surface area contributed by atoms with E-state index in [-0.39, 0.29) is 0 Å². The summed E-state index contributed by atoms with van der Waals surface area (Å²) in [6.07, 6.45) is 7.67. The van der Waals surface area contributed by atoms with Crippen LogP contribution in [0.5, 0.6) is 0 Å². The van der Waals surface area contributed by atoms with Crippen LogP contribution in [0.25, 0.3) is 0 Å². The van der Waals surface area contributed by atoms with Gasteiger partial charge < -0.3 is 9.62 Å². The summed E-state index contributed by atoms with van der Waals surface area (Å²) in [5.41, 5.74) is 1.58. The van der Waals surface area contributed by atoms with Crippen molar-refractivity contribution < 1.29 is 9.62 Å². The van der Waals surface area contributed by atoms with Crippen LogP contribution >= 0.6 is 0 Å². The standard InChI is InChI=1S/C13H11N3O2/c17-15-9-12-10-18-13(16-12)6-2-1-4-11-5-3-7-14-8-11/h3,5,7-10,17H,1,4H2/b15-9-. The second-order valence-corrected chi connectivity index (χ2v) is 3.49. The van der Waals surface area contributed by atoms with E-state index >= 15 is 0 Å². The molecule has 0 unspecified atom stereocenters. The van der Waals surface area contributed by atoms with Crippen molar-refractivity contribution in [3.63, 3.8) is 0 Å². The first-order valence-electron chi connectivity index (χ1n) is 5.39. The molecule has 0 aromatic carbocycles. The van der Waals surface area contributed by atoms with Crippen molar-refractivity contribution in [2.75, 3.05) is 0 Å². The molecule has 0 spiro atoms. The van der Waals surface area contributed by atoms with Crippen molar-refractivity contribution in [2.24, 2.45) is 5.16 Å². The smallest absolute Gasteiger partial charge is 0.273 e. The van der Waals surface area contributed by atoms with Crippen LogP contribution in [0, 0.1) is 11.8 Å². The molecular weight excluding hydrogens is 230 g/mol. The van der Waals surface area contributed by atoms with Crippen LogP contribution in [-0.4, -0.2) is 21.4 Å². The van der Waals surface area contributed by atoms with Crippen molar-refractivity contribution in [1.82, 2.24) is 9.97 Å². The van der Waals surface area contributed by atoms with Crippen LogP contribution < -0.4 is 0 Å². The summed E-state index contributed by atoms with van der Waals surface area (Å²) in [4.78, 5) is 8.01. The van der Waals surface area contributed by atoms with Gasteiger partial charge in [-0.15, -0.1) is 0 Å². The van der Waals surface area contributed by atoms with Gasteiger partial charge in [0.25, 0.3) is 5.89 Å². The Hall–Kier alpha value is -2.61. The highest BCUT2D eigenvalue weighted by Crippen LogP contribution is 2.00. The van der Waals surface area contributed by atoms with Crippen LogP contribution in [0.1, 0.15) is 23.6 Å². The molecule has 2 heterocycles. The molecule has 5 heteroatoms. The molecule has 0 bridgehead atoms. The van der Waals surface area contributed by atoms with Gasteiger partial charge in [-0.05, 0) is 24.0 Å². The largest absolute Gasteiger partial charge is 0.438 e. The lowest BCUT2D eigenvalue weighted by molar-refractivity contribution is 0.321. The van der Waals surface area contributed by atoms with Crippen LogP contribution in [0.15, 0.2) is 40.4 Å². The minimum atomic E-state index is 0.316. The number of oxazole rings is 1. The summed E-state index contributed by atoms with van der Waals surface area (Å²) in [5, 5.41) is 11.2. The molecule has 0 aliphatic carbocycles. The molecule has 2 rings (SSSR count). The van der Waals surface area contributed by atoms with Gasteiger partial charge in [-0.2, -0.15) is 0 Å². The molecule has 0 atom stereocenters. The molecule has 0 radical (unpaired) electrons. The van der Waals surface area contributed by atoms with E-state index in [9.17, 15) is 0 Å². The fourth-order valence-corrected chi connectivity index (χ4v) is 1.35. The number of oxime groups is 1. The Morgan fingerprint density at radius 3 is 3.22 bits per heavy atom. The van der Waals surface area contributed by atoms with Gasteiger partial charge in [0.2, 0.25) is 0 Å². The summed E-state index contributed by atoms with van der Waals surface area (Å²) in [5.74, 6) is 6.08. The van der Waals surface area contributed by atoms with Gasteiger partial charge >= 0.3 is 0 Å². The minimum absolute atomic E-state index is 0.316. The Kier molecular flexibility index (Phi) is 4.09. The zero-order valence-corrected chi connectivity index (χ0v) is 9.58. The van der Waals surface area contributed by atoms with E-state index in [1.54, 1.807) is 6.20 Å². The molecule has 1 N–H and O–H groups in total. The van der Waals surface area contributed by atoms with E-state index in [4.69, 9.17) is 9.62 Å². The first-order chi connectivity index (χ1) is 8.88. The SMILES string of the molecule is O/N=C\c1coc(C#CCCc2cccnc2)n1. The predicted molar refractivity (Wildman–Crippen MR) is 65.3 cm³/mol. The van der Waals surface area contributed by atoms with Crippen LogP contribution in [0.2, 0.25) is 0 Å². The highest BCUT2D eigenvalue weighted by Gasteiger charge is 1.97. The lowest BCUT2D eigenvalue weighted by Gasteiger charge is -1.93. The predicted octanol–water partition coefficient (Wildman–Crippen LogP) is 1.86. The van der Waals surface area contributed by atoms with Crippen LogP contribution in [0.3, 0.4) is 0 Å². The maximum absolute atomic E-state index is 8.31. The molecule has 2 aromatic heterocycles. The zero-order valence-electron chi connectivity index (χ0n) is 9.58. The second kappa shape index (κ2) is 6.21. The lowest BCUT2D eigenvalue weighted by atomic mass is 10.2. The number of rotatable bonds is 3. The molecule has 0 aliphatic rings. The molecule has 2 aromatic rings. The zero-order chi connectivity index (χ0) is 12.6. The van der Waals surface area contributed by atoms with E-state index < -0.39 is 0 Å². The number of hydrogen-bond donors (Lipinski definition) is 1. The monoisotopic (exact) mass is 241 g/mol. The average molecular weight is 241 g/mol. The fourth-order valence-electron chi connectivity index (χ4n) is 1.35. The second-order valence-electron chi connectivity index (χ2n) is 3.49. The van der Waals surface area contributed by atoms with Gasteiger partial charge in [0.15, 0.2) is 0 Å². The lowest BCUT2D eigenvalue weighted by Crippen LogP contribution is -1.84. The third kappa shape index (κ3) is 3.46. The van der Waals surface area contributed by atoms with Gasteiger partial charge in [-0.3, -0.25) is 4.98 Å². The topological polar surface area (TPSA) is 71.5 Å². The molecule has 0 saturated carbocycles. The number of aromatic nitrogens is 2. The first-order valence-corrected chi connectivity index (χ1v) is 5.39. The van der Waals surface area contributed by atoms with E-state index in [0.29, 0.717) is 18.0 Å². The first kappa shape index (κ1) is 11.9. The molecular formula is C13H11N3O2. The van der Waals surface area contributed by atoms with Crippen molar-refractivity contribution in [1.29, 1.82) is 0 Å². The average Bonchev–Trinajstić information content (AvgIpc) is 2.84. The van der Waals surface area contributed by atoms with Crippen molar-refractivity contribution in [3.8, 4) is 11.8 Å². The van der Waals surface area contributed by atoms with Gasteiger partial charge in [-0.25, -0.2) is 4.98 Å². The van der Waals surface area contributed by atoms with Crippen LogP contribution in [-0.2, 0) is 6.42 Å². The highest BCUT2D eigenvalue weighted by molar-refractivity contribution is 5.75. The Bertz CT molecular complexity index is 579. The maximum atomic E-state index is 8.31. The van der Waals surface area contributed by atoms with Gasteiger partial charge in [0.05, 0.1) is 6.21 Å². The summed E-state index contributed by atoms with van der Waals surface area (Å²) < 4.78 is 5.07. The van der Waals surface area contributed by atoms with E-state index in [1.165, 1.54) is 12.5 Å². The van der Waals surface area contributed by atoms with Crippen LogP contribution in [0.4, 0.5) is 0 Å². The maximum Gasteiger partial charge on any atom is 0.273 e. The van der Waals surface area contributed by atoms with Gasteiger partial charge in [-0.1, -0.05) is 17.1 Å². The quantitative estimate of drug-likeness (QED) is 0.385. The van der Waals surface area contributed by atoms with Gasteiger partial charge in [0, 0.05) is 18.8 Å². The number of aryl methyl sites for hydroxylation is 1. The molecule has 0 fully saturated rings.